The number of phenolic OH excluding ortho intramolecular Hbond substituents is 3. The van der Waals surface area contributed by atoms with Gasteiger partial charge in [-0.15, -0.1) is 0 Å². The topological polar surface area (TPSA) is 102 Å². The first kappa shape index (κ1) is 9.86. The molecule has 5 heteroatoms. The summed E-state index contributed by atoms with van der Waals surface area (Å²) >= 11 is 0. The maximum Gasteiger partial charge on any atom is 0.184 e. The van der Waals surface area contributed by atoms with Crippen LogP contribution >= 0.6 is 0 Å². The summed E-state index contributed by atoms with van der Waals surface area (Å²) in [6.45, 7) is 0. The average molecular weight is 193 g/mol. The molecule has 0 saturated carbocycles. The summed E-state index contributed by atoms with van der Waals surface area (Å²) in [5.41, 5.74) is -0.343. The molecular weight excluding hydrogens is 186 g/mol. The molecule has 0 aromatic heterocycles. The molecule has 0 aliphatic rings. The Morgan fingerprint density at radius 2 is 1.79 bits per heavy atom. The van der Waals surface area contributed by atoms with Crippen molar-refractivity contribution >= 4 is 5.78 Å². The molecule has 1 aromatic rings. The lowest BCUT2D eigenvalue weighted by Gasteiger charge is -2.04. The van der Waals surface area contributed by atoms with Crippen LogP contribution in [0.2, 0.25) is 0 Å². The maximum absolute atomic E-state index is 11.2. The van der Waals surface area contributed by atoms with E-state index in [0.29, 0.717) is 0 Å². The van der Waals surface area contributed by atoms with Crippen LogP contribution in [0.25, 0.3) is 0 Å². The Bertz CT molecular complexity index is 396. The fourth-order valence-electron chi connectivity index (χ4n) is 1.04. The average Bonchev–Trinajstić information content (AvgIpc) is 2.01. The number of nitriles is 1. The van der Waals surface area contributed by atoms with Crippen LogP contribution < -0.4 is 0 Å². The number of benzene rings is 1. The number of hydrogen-bond donors (Lipinski definition) is 3. The van der Waals surface area contributed by atoms with Gasteiger partial charge in [0.25, 0.3) is 0 Å². The molecule has 0 unspecified atom stereocenters. The van der Waals surface area contributed by atoms with Crippen molar-refractivity contribution in [3.63, 3.8) is 0 Å². The van der Waals surface area contributed by atoms with Crippen molar-refractivity contribution < 1.29 is 20.1 Å². The van der Waals surface area contributed by atoms with Gasteiger partial charge in [-0.05, 0) is 0 Å². The minimum atomic E-state index is -0.692. The minimum Gasteiger partial charge on any atom is -0.508 e. The third-order valence-corrected chi connectivity index (χ3v) is 1.60. The molecule has 72 valence electrons. The fraction of sp³-hybridized carbons (Fsp3) is 0.111. The van der Waals surface area contributed by atoms with E-state index < -0.39 is 23.7 Å². The van der Waals surface area contributed by atoms with Crippen LogP contribution in [-0.2, 0) is 0 Å². The smallest absolute Gasteiger partial charge is 0.184 e. The minimum absolute atomic E-state index is 0.343. The van der Waals surface area contributed by atoms with Crippen LogP contribution in [0.3, 0.4) is 0 Å². The molecule has 0 aliphatic carbocycles. The molecule has 0 fully saturated rings. The van der Waals surface area contributed by atoms with Crippen molar-refractivity contribution in [2.75, 3.05) is 0 Å². The van der Waals surface area contributed by atoms with Crippen molar-refractivity contribution in [2.24, 2.45) is 0 Å². The first-order chi connectivity index (χ1) is 6.56. The standard InChI is InChI=1S/C9H7NO4/c10-2-1-6(12)9-7(13)3-5(11)4-8(9)14/h3-4,11,13-14H,1H2. The van der Waals surface area contributed by atoms with Crippen LogP contribution in [0.1, 0.15) is 16.8 Å². The number of ketones is 1. The molecule has 0 atom stereocenters. The fourth-order valence-corrected chi connectivity index (χ4v) is 1.04. The summed E-state index contributed by atoms with van der Waals surface area (Å²) in [6.07, 6.45) is -0.439. The number of carbonyl (C=O) groups excluding carboxylic acids is 1. The lowest BCUT2D eigenvalue weighted by atomic mass is 10.1. The SMILES string of the molecule is N#CCC(=O)c1c(O)cc(O)cc1O. The molecule has 0 amide bonds. The highest BCUT2D eigenvalue weighted by molar-refractivity contribution is 6.02. The van der Waals surface area contributed by atoms with Crippen molar-refractivity contribution in [2.45, 2.75) is 6.42 Å². The van der Waals surface area contributed by atoms with Gasteiger partial charge in [0.1, 0.15) is 22.8 Å². The van der Waals surface area contributed by atoms with Gasteiger partial charge in [-0.3, -0.25) is 4.79 Å². The van der Waals surface area contributed by atoms with Gasteiger partial charge in [-0.25, -0.2) is 0 Å². The van der Waals surface area contributed by atoms with E-state index in [-0.39, 0.29) is 11.3 Å². The van der Waals surface area contributed by atoms with Crippen molar-refractivity contribution in [1.82, 2.24) is 0 Å². The summed E-state index contributed by atoms with van der Waals surface area (Å²) in [5, 5.41) is 35.6. The Morgan fingerprint density at radius 3 is 2.21 bits per heavy atom. The second-order valence-electron chi connectivity index (χ2n) is 2.62. The molecule has 0 spiro atoms. The van der Waals surface area contributed by atoms with E-state index in [1.165, 1.54) is 0 Å². The lowest BCUT2D eigenvalue weighted by molar-refractivity contribution is 0.0992. The molecule has 0 saturated heterocycles. The molecule has 0 heterocycles. The third-order valence-electron chi connectivity index (χ3n) is 1.60. The van der Waals surface area contributed by atoms with Gasteiger partial charge in [-0.1, -0.05) is 0 Å². The van der Waals surface area contributed by atoms with E-state index in [0.717, 1.165) is 12.1 Å². The first-order valence-electron chi connectivity index (χ1n) is 3.71. The zero-order valence-corrected chi connectivity index (χ0v) is 7.06. The number of Topliss-reactive ketones (excluding diaryl/α,β-unsaturated/α-hetero) is 1. The number of hydrogen-bond acceptors (Lipinski definition) is 5. The van der Waals surface area contributed by atoms with Crippen molar-refractivity contribution in [3.8, 4) is 23.3 Å². The van der Waals surface area contributed by atoms with Crippen LogP contribution in [0, 0.1) is 11.3 Å². The molecule has 3 N–H and O–H groups in total. The molecule has 14 heavy (non-hydrogen) atoms. The Labute approximate surface area is 79.5 Å². The van der Waals surface area contributed by atoms with E-state index in [1.807, 2.05) is 0 Å². The number of phenols is 3. The van der Waals surface area contributed by atoms with Crippen molar-refractivity contribution in [1.29, 1.82) is 5.26 Å². The lowest BCUT2D eigenvalue weighted by Crippen LogP contribution is -1.98. The van der Waals surface area contributed by atoms with Crippen molar-refractivity contribution in [3.05, 3.63) is 17.7 Å². The van der Waals surface area contributed by atoms with Gasteiger partial charge in [0.05, 0.1) is 12.5 Å². The second-order valence-corrected chi connectivity index (χ2v) is 2.62. The number of aromatic hydroxyl groups is 3. The molecule has 0 radical (unpaired) electrons. The van der Waals surface area contributed by atoms with Gasteiger partial charge in [0, 0.05) is 12.1 Å². The zero-order valence-electron chi connectivity index (χ0n) is 7.06. The summed E-state index contributed by atoms with van der Waals surface area (Å²) in [7, 11) is 0. The number of carbonyl (C=O) groups is 1. The number of nitrogens with zero attached hydrogens (tertiary/aromatic N) is 1. The molecule has 0 aliphatic heterocycles. The Morgan fingerprint density at radius 1 is 1.29 bits per heavy atom. The summed E-state index contributed by atoms with van der Waals surface area (Å²) in [5.74, 6) is -2.12. The van der Waals surface area contributed by atoms with E-state index in [2.05, 4.69) is 0 Å². The van der Waals surface area contributed by atoms with E-state index in [4.69, 9.17) is 10.4 Å². The summed E-state index contributed by atoms with van der Waals surface area (Å²) in [6, 6.07) is 3.44. The molecule has 5 nitrogen and oxygen atoms in total. The molecular formula is C9H7NO4. The molecule has 1 rings (SSSR count). The van der Waals surface area contributed by atoms with Gasteiger partial charge >= 0.3 is 0 Å². The zero-order chi connectivity index (χ0) is 10.7. The highest BCUT2D eigenvalue weighted by Crippen LogP contribution is 2.32. The highest BCUT2D eigenvalue weighted by Gasteiger charge is 2.16. The maximum atomic E-state index is 11.2. The number of rotatable bonds is 2. The van der Waals surface area contributed by atoms with Crippen LogP contribution in [-0.4, -0.2) is 21.1 Å². The third kappa shape index (κ3) is 1.75. The van der Waals surface area contributed by atoms with Crippen LogP contribution in [0.4, 0.5) is 0 Å². The predicted molar refractivity (Wildman–Crippen MR) is 46.0 cm³/mol. The monoisotopic (exact) mass is 193 g/mol. The van der Waals surface area contributed by atoms with Gasteiger partial charge in [0.15, 0.2) is 5.78 Å². The molecule has 0 bridgehead atoms. The molecule has 1 aromatic carbocycles. The Balaban J connectivity index is 3.22. The highest BCUT2D eigenvalue weighted by atomic mass is 16.3. The van der Waals surface area contributed by atoms with E-state index in [9.17, 15) is 15.0 Å². The first-order valence-corrected chi connectivity index (χ1v) is 3.71. The predicted octanol–water partition coefficient (Wildman–Crippen LogP) is 0.900. The van der Waals surface area contributed by atoms with Gasteiger partial charge < -0.3 is 15.3 Å². The summed E-state index contributed by atoms with van der Waals surface area (Å²) in [4.78, 5) is 11.2. The Kier molecular flexibility index (Phi) is 2.58. The van der Waals surface area contributed by atoms with Crippen LogP contribution in [0.15, 0.2) is 12.1 Å². The second kappa shape index (κ2) is 3.66. The van der Waals surface area contributed by atoms with E-state index >= 15 is 0 Å². The largest absolute Gasteiger partial charge is 0.508 e. The van der Waals surface area contributed by atoms with Gasteiger partial charge in [0.2, 0.25) is 0 Å². The summed E-state index contributed by atoms with van der Waals surface area (Å²) < 4.78 is 0. The van der Waals surface area contributed by atoms with Crippen LogP contribution in [0.5, 0.6) is 17.2 Å². The van der Waals surface area contributed by atoms with Gasteiger partial charge in [-0.2, -0.15) is 5.26 Å². The van der Waals surface area contributed by atoms with E-state index in [1.54, 1.807) is 6.07 Å². The normalized spacial score (nSPS) is 9.36. The quantitative estimate of drug-likeness (QED) is 0.605. The Hall–Kier alpha value is -2.22.